The van der Waals surface area contributed by atoms with E-state index in [1.54, 1.807) is 0 Å². The molecule has 0 saturated carbocycles. The van der Waals surface area contributed by atoms with E-state index in [4.69, 9.17) is 0 Å². The first-order chi connectivity index (χ1) is 5.95. The lowest BCUT2D eigenvalue weighted by Gasteiger charge is -2.00. The Morgan fingerprint density at radius 1 is 1.38 bits per heavy atom. The molecular formula is C8H7BrO3S. The van der Waals surface area contributed by atoms with E-state index in [1.165, 1.54) is 18.2 Å². The quantitative estimate of drug-likeness (QED) is 0.762. The minimum atomic E-state index is -3.20. The summed E-state index contributed by atoms with van der Waals surface area (Å²) >= 11 is 3.10. The predicted molar refractivity (Wildman–Crippen MR) is 52.6 cm³/mol. The van der Waals surface area contributed by atoms with Gasteiger partial charge >= 0.3 is 0 Å². The molecule has 1 aromatic carbocycles. The molecule has 0 aliphatic heterocycles. The highest BCUT2D eigenvalue weighted by Crippen LogP contribution is 2.19. The molecule has 1 aromatic rings. The van der Waals surface area contributed by atoms with Gasteiger partial charge in [0.15, 0.2) is 16.1 Å². The molecule has 0 radical (unpaired) electrons. The number of rotatable bonds is 2. The Morgan fingerprint density at radius 3 is 2.38 bits per heavy atom. The number of halogens is 1. The fraction of sp³-hybridized carbons (Fsp3) is 0.125. The molecule has 0 spiro atoms. The van der Waals surface area contributed by atoms with Crippen molar-refractivity contribution in [2.24, 2.45) is 0 Å². The Balaban J connectivity index is 3.34. The predicted octanol–water partition coefficient (Wildman–Crippen LogP) is 1.67. The standard InChI is InChI=1S/C8H7BrO3S/c1-13(11,12)7-3-2-6(5-10)8(9)4-7/h2-5H,1H3. The van der Waals surface area contributed by atoms with Crippen LogP contribution in [-0.2, 0) is 9.84 Å². The van der Waals surface area contributed by atoms with E-state index < -0.39 is 9.84 Å². The molecule has 0 N–H and O–H groups in total. The monoisotopic (exact) mass is 262 g/mol. The molecule has 0 unspecified atom stereocenters. The van der Waals surface area contributed by atoms with Crippen LogP contribution >= 0.6 is 15.9 Å². The number of aldehydes is 1. The van der Waals surface area contributed by atoms with Crippen molar-refractivity contribution in [1.82, 2.24) is 0 Å². The maximum Gasteiger partial charge on any atom is 0.175 e. The topological polar surface area (TPSA) is 51.2 Å². The van der Waals surface area contributed by atoms with Gasteiger partial charge in [0.1, 0.15) is 0 Å². The second-order valence-electron chi connectivity index (χ2n) is 2.57. The first-order valence-corrected chi connectivity index (χ1v) is 6.08. The zero-order valence-electron chi connectivity index (χ0n) is 6.82. The van der Waals surface area contributed by atoms with Gasteiger partial charge in [0.2, 0.25) is 0 Å². The summed E-state index contributed by atoms with van der Waals surface area (Å²) in [6.07, 6.45) is 1.78. The zero-order valence-corrected chi connectivity index (χ0v) is 9.22. The van der Waals surface area contributed by atoms with Gasteiger partial charge in [-0.05, 0) is 18.2 Å². The lowest BCUT2D eigenvalue weighted by atomic mass is 10.2. The number of carbonyl (C=O) groups is 1. The minimum Gasteiger partial charge on any atom is -0.298 e. The van der Waals surface area contributed by atoms with Crippen molar-refractivity contribution in [3.8, 4) is 0 Å². The summed E-state index contributed by atoms with van der Waals surface area (Å²) in [5.74, 6) is 0. The molecule has 0 saturated heterocycles. The molecule has 3 nitrogen and oxygen atoms in total. The Bertz CT molecular complexity index is 437. The molecule has 0 atom stereocenters. The van der Waals surface area contributed by atoms with E-state index in [1.807, 2.05) is 0 Å². The van der Waals surface area contributed by atoms with E-state index in [9.17, 15) is 13.2 Å². The normalized spacial score (nSPS) is 11.2. The highest BCUT2D eigenvalue weighted by Gasteiger charge is 2.08. The van der Waals surface area contributed by atoms with Gasteiger partial charge in [0, 0.05) is 16.3 Å². The molecule has 0 aliphatic carbocycles. The summed E-state index contributed by atoms with van der Waals surface area (Å²) in [6, 6.07) is 4.29. The maximum absolute atomic E-state index is 11.1. The van der Waals surface area contributed by atoms with Crippen LogP contribution in [0.25, 0.3) is 0 Å². The van der Waals surface area contributed by atoms with Crippen molar-refractivity contribution < 1.29 is 13.2 Å². The first kappa shape index (κ1) is 10.4. The van der Waals surface area contributed by atoms with Crippen LogP contribution in [0.2, 0.25) is 0 Å². The molecule has 0 heterocycles. The molecule has 0 aromatic heterocycles. The Morgan fingerprint density at radius 2 is 2.00 bits per heavy atom. The first-order valence-electron chi connectivity index (χ1n) is 3.40. The molecule has 0 aliphatic rings. The van der Waals surface area contributed by atoms with Crippen molar-refractivity contribution in [2.45, 2.75) is 4.90 Å². The maximum atomic E-state index is 11.1. The Kier molecular flexibility index (Phi) is 2.87. The van der Waals surface area contributed by atoms with Crippen LogP contribution in [0.3, 0.4) is 0 Å². The van der Waals surface area contributed by atoms with Crippen molar-refractivity contribution in [3.63, 3.8) is 0 Å². The molecule has 5 heteroatoms. The van der Waals surface area contributed by atoms with Gasteiger partial charge in [-0.15, -0.1) is 0 Å². The zero-order chi connectivity index (χ0) is 10.1. The highest BCUT2D eigenvalue weighted by molar-refractivity contribution is 9.10. The van der Waals surface area contributed by atoms with Gasteiger partial charge in [-0.25, -0.2) is 8.42 Å². The molecular weight excluding hydrogens is 256 g/mol. The molecule has 1 rings (SSSR count). The minimum absolute atomic E-state index is 0.199. The van der Waals surface area contributed by atoms with Crippen LogP contribution < -0.4 is 0 Å². The van der Waals surface area contributed by atoms with Crippen LogP contribution in [0.15, 0.2) is 27.6 Å². The van der Waals surface area contributed by atoms with Crippen molar-refractivity contribution in [2.75, 3.05) is 6.26 Å². The smallest absolute Gasteiger partial charge is 0.175 e. The van der Waals surface area contributed by atoms with E-state index >= 15 is 0 Å². The van der Waals surface area contributed by atoms with E-state index in [2.05, 4.69) is 15.9 Å². The second kappa shape index (κ2) is 3.59. The van der Waals surface area contributed by atoms with Gasteiger partial charge in [0.05, 0.1) is 4.90 Å². The summed E-state index contributed by atoms with van der Waals surface area (Å²) in [5.41, 5.74) is 0.437. The van der Waals surface area contributed by atoms with E-state index in [0.29, 0.717) is 16.3 Å². The number of hydrogen-bond acceptors (Lipinski definition) is 3. The highest BCUT2D eigenvalue weighted by atomic mass is 79.9. The second-order valence-corrected chi connectivity index (χ2v) is 5.44. The molecule has 70 valence electrons. The van der Waals surface area contributed by atoms with Gasteiger partial charge < -0.3 is 0 Å². The van der Waals surface area contributed by atoms with Crippen molar-refractivity contribution in [1.29, 1.82) is 0 Å². The van der Waals surface area contributed by atoms with E-state index in [-0.39, 0.29) is 4.90 Å². The Labute approximate surface area is 84.8 Å². The van der Waals surface area contributed by atoms with Gasteiger partial charge in [-0.2, -0.15) is 0 Å². The van der Waals surface area contributed by atoms with Crippen LogP contribution in [-0.4, -0.2) is 21.0 Å². The molecule has 0 amide bonds. The van der Waals surface area contributed by atoms with Crippen LogP contribution in [0.4, 0.5) is 0 Å². The van der Waals surface area contributed by atoms with Gasteiger partial charge in [-0.3, -0.25) is 4.79 Å². The fourth-order valence-corrected chi connectivity index (χ4v) is 2.11. The summed E-state index contributed by atoms with van der Waals surface area (Å²) in [4.78, 5) is 10.6. The third kappa shape index (κ3) is 2.38. The third-order valence-electron chi connectivity index (χ3n) is 1.53. The summed E-state index contributed by atoms with van der Waals surface area (Å²) in [6.45, 7) is 0. The fourth-order valence-electron chi connectivity index (χ4n) is 0.834. The molecule has 13 heavy (non-hydrogen) atoms. The largest absolute Gasteiger partial charge is 0.298 e. The number of carbonyl (C=O) groups excluding carboxylic acids is 1. The lowest BCUT2D eigenvalue weighted by molar-refractivity contribution is 0.112. The van der Waals surface area contributed by atoms with Crippen LogP contribution in [0.1, 0.15) is 10.4 Å². The average molecular weight is 263 g/mol. The number of sulfone groups is 1. The summed E-state index contributed by atoms with van der Waals surface area (Å²) in [5, 5.41) is 0. The van der Waals surface area contributed by atoms with Crippen molar-refractivity contribution >= 4 is 32.1 Å². The number of hydrogen-bond donors (Lipinski definition) is 0. The van der Waals surface area contributed by atoms with Crippen molar-refractivity contribution in [3.05, 3.63) is 28.2 Å². The number of benzene rings is 1. The lowest BCUT2D eigenvalue weighted by Crippen LogP contribution is -1.97. The third-order valence-corrected chi connectivity index (χ3v) is 3.32. The molecule has 0 bridgehead atoms. The summed E-state index contributed by atoms with van der Waals surface area (Å²) < 4.78 is 22.6. The van der Waals surface area contributed by atoms with Crippen LogP contribution in [0.5, 0.6) is 0 Å². The average Bonchev–Trinajstić information content (AvgIpc) is 2.02. The summed E-state index contributed by atoms with van der Waals surface area (Å²) in [7, 11) is -3.20. The van der Waals surface area contributed by atoms with Gasteiger partial charge in [-0.1, -0.05) is 15.9 Å². The van der Waals surface area contributed by atoms with Crippen LogP contribution in [0, 0.1) is 0 Å². The molecule has 0 fully saturated rings. The van der Waals surface area contributed by atoms with Gasteiger partial charge in [0.25, 0.3) is 0 Å². The Hall–Kier alpha value is -0.680. The SMILES string of the molecule is CS(=O)(=O)c1ccc(C=O)c(Br)c1. The van der Waals surface area contributed by atoms with E-state index in [0.717, 1.165) is 6.26 Å².